The Morgan fingerprint density at radius 3 is 2.26 bits per heavy atom. The molecular formula is C15H18N4O4. The van der Waals surface area contributed by atoms with E-state index < -0.39 is 0 Å². The molecule has 0 atom stereocenters. The second kappa shape index (κ2) is 7.92. The van der Waals surface area contributed by atoms with Crippen LogP contribution in [0.3, 0.4) is 0 Å². The molecule has 23 heavy (non-hydrogen) atoms. The summed E-state index contributed by atoms with van der Waals surface area (Å²) >= 11 is 0. The van der Waals surface area contributed by atoms with Crippen LogP contribution in [0.4, 0.5) is 0 Å². The van der Waals surface area contributed by atoms with Crippen molar-refractivity contribution >= 4 is 5.91 Å². The fraction of sp³-hybridized carbons (Fsp3) is 0.333. The van der Waals surface area contributed by atoms with Gasteiger partial charge in [0.05, 0.1) is 34.3 Å². The molecule has 8 heteroatoms. The maximum atomic E-state index is 12.1. The van der Waals surface area contributed by atoms with E-state index in [1.54, 1.807) is 7.11 Å². The Kier molecular flexibility index (Phi) is 5.67. The molecule has 0 unspecified atom stereocenters. The lowest BCUT2D eigenvalue weighted by Gasteiger charge is -2.09. The third kappa shape index (κ3) is 4.53. The van der Waals surface area contributed by atoms with E-state index in [9.17, 15) is 4.79 Å². The van der Waals surface area contributed by atoms with Crippen molar-refractivity contribution in [3.63, 3.8) is 0 Å². The minimum Gasteiger partial charge on any atom is -0.496 e. The number of para-hydroxylation sites is 1. The number of carbonyl (C=O) groups is 1. The molecule has 1 N–H and O–H groups in total. The number of amides is 1. The normalized spacial score (nSPS) is 10.0. The van der Waals surface area contributed by atoms with Gasteiger partial charge in [-0.3, -0.25) is 4.79 Å². The van der Waals surface area contributed by atoms with Crippen LogP contribution in [0.2, 0.25) is 0 Å². The summed E-state index contributed by atoms with van der Waals surface area (Å²) in [6.45, 7) is 0.142. The van der Waals surface area contributed by atoms with Crippen LogP contribution in [0.15, 0.2) is 24.3 Å². The highest BCUT2D eigenvalue weighted by molar-refractivity contribution is 5.79. The molecule has 0 aliphatic heterocycles. The van der Waals surface area contributed by atoms with Crippen molar-refractivity contribution in [2.45, 2.75) is 13.0 Å². The molecular weight excluding hydrogens is 300 g/mol. The highest BCUT2D eigenvalue weighted by Gasteiger charge is 2.11. The average molecular weight is 318 g/mol. The summed E-state index contributed by atoms with van der Waals surface area (Å²) in [5.74, 6) is 0.848. The van der Waals surface area contributed by atoms with E-state index in [0.717, 1.165) is 5.56 Å². The van der Waals surface area contributed by atoms with Gasteiger partial charge >= 0.3 is 12.0 Å². The summed E-state index contributed by atoms with van der Waals surface area (Å²) in [7, 11) is 4.46. The molecule has 0 bridgehead atoms. The van der Waals surface area contributed by atoms with Crippen LogP contribution in [0.5, 0.6) is 17.8 Å². The maximum absolute atomic E-state index is 12.1. The van der Waals surface area contributed by atoms with E-state index in [0.29, 0.717) is 11.6 Å². The Labute approximate surface area is 133 Å². The number of aromatic nitrogens is 3. The van der Waals surface area contributed by atoms with Crippen molar-refractivity contribution in [2.75, 3.05) is 21.3 Å². The predicted molar refractivity (Wildman–Crippen MR) is 81.5 cm³/mol. The van der Waals surface area contributed by atoms with Gasteiger partial charge in [-0.1, -0.05) is 18.2 Å². The van der Waals surface area contributed by atoms with Crippen LogP contribution in [0.1, 0.15) is 11.4 Å². The summed E-state index contributed by atoms with van der Waals surface area (Å²) in [6.07, 6.45) is 0.198. The fourth-order valence-corrected chi connectivity index (χ4v) is 1.90. The smallest absolute Gasteiger partial charge is 0.322 e. The Morgan fingerprint density at radius 1 is 1.00 bits per heavy atom. The van der Waals surface area contributed by atoms with Gasteiger partial charge in [-0.15, -0.1) is 4.98 Å². The zero-order chi connectivity index (χ0) is 16.7. The van der Waals surface area contributed by atoms with Gasteiger partial charge in [0.15, 0.2) is 5.82 Å². The first kappa shape index (κ1) is 16.5. The largest absolute Gasteiger partial charge is 0.496 e. The quantitative estimate of drug-likeness (QED) is 0.805. The molecule has 122 valence electrons. The second-order valence-electron chi connectivity index (χ2n) is 4.49. The summed E-state index contributed by atoms with van der Waals surface area (Å²) < 4.78 is 15.1. The first-order valence-electron chi connectivity index (χ1n) is 6.87. The van der Waals surface area contributed by atoms with E-state index in [-0.39, 0.29) is 30.9 Å². The Morgan fingerprint density at radius 2 is 1.65 bits per heavy atom. The molecule has 0 aliphatic carbocycles. The number of nitrogens with one attached hydrogen (secondary N) is 1. The summed E-state index contributed by atoms with van der Waals surface area (Å²) in [5, 5.41) is 2.74. The molecule has 0 saturated heterocycles. The van der Waals surface area contributed by atoms with Crippen LogP contribution in [0.25, 0.3) is 0 Å². The van der Waals surface area contributed by atoms with Crippen LogP contribution in [-0.2, 0) is 17.8 Å². The standard InChI is InChI=1S/C15H18N4O4/c1-21-11-7-5-4-6-10(11)8-13(20)16-9-12-17-14(22-2)19-15(18-12)23-3/h4-7H,8-9H2,1-3H3,(H,16,20). The summed E-state index contributed by atoms with van der Waals surface area (Å²) in [6, 6.07) is 7.62. The SMILES string of the molecule is COc1nc(CNC(=O)Cc2ccccc2OC)nc(OC)n1. The molecule has 0 spiro atoms. The molecule has 0 aliphatic rings. The number of ether oxygens (including phenoxy) is 3. The third-order valence-corrected chi connectivity index (χ3v) is 2.99. The van der Waals surface area contributed by atoms with Crippen LogP contribution >= 0.6 is 0 Å². The Bertz CT molecular complexity index is 656. The summed E-state index contributed by atoms with van der Waals surface area (Å²) in [5.41, 5.74) is 0.804. The van der Waals surface area contributed by atoms with Crippen molar-refractivity contribution in [3.05, 3.63) is 35.7 Å². The lowest BCUT2D eigenvalue weighted by atomic mass is 10.1. The van der Waals surface area contributed by atoms with Gasteiger partial charge in [-0.25, -0.2) is 0 Å². The van der Waals surface area contributed by atoms with E-state index in [2.05, 4.69) is 20.3 Å². The number of nitrogens with zero attached hydrogens (tertiary/aromatic N) is 3. The fourth-order valence-electron chi connectivity index (χ4n) is 1.90. The molecule has 0 radical (unpaired) electrons. The molecule has 8 nitrogen and oxygen atoms in total. The Balaban J connectivity index is 1.99. The average Bonchev–Trinajstić information content (AvgIpc) is 2.60. The zero-order valence-electron chi connectivity index (χ0n) is 13.2. The minimum atomic E-state index is -0.173. The first-order chi connectivity index (χ1) is 11.2. The van der Waals surface area contributed by atoms with E-state index >= 15 is 0 Å². The van der Waals surface area contributed by atoms with Crippen molar-refractivity contribution in [3.8, 4) is 17.8 Å². The number of methoxy groups -OCH3 is 3. The topological polar surface area (TPSA) is 95.5 Å². The number of rotatable bonds is 7. The molecule has 1 aromatic carbocycles. The van der Waals surface area contributed by atoms with Gasteiger partial charge in [0.1, 0.15) is 5.75 Å². The number of carbonyl (C=O) groups excluding carboxylic acids is 1. The second-order valence-corrected chi connectivity index (χ2v) is 4.49. The van der Waals surface area contributed by atoms with Crippen molar-refractivity contribution in [1.82, 2.24) is 20.3 Å². The van der Waals surface area contributed by atoms with E-state index in [1.807, 2.05) is 24.3 Å². The molecule has 1 amide bonds. The number of benzene rings is 1. The van der Waals surface area contributed by atoms with E-state index in [4.69, 9.17) is 14.2 Å². The van der Waals surface area contributed by atoms with Gasteiger partial charge in [-0.05, 0) is 6.07 Å². The molecule has 0 saturated carbocycles. The molecule has 2 rings (SSSR count). The number of hydrogen-bond donors (Lipinski definition) is 1. The van der Waals surface area contributed by atoms with Crippen LogP contribution in [0, 0.1) is 0 Å². The minimum absolute atomic E-state index is 0.130. The highest BCUT2D eigenvalue weighted by atomic mass is 16.5. The van der Waals surface area contributed by atoms with Gasteiger partial charge in [0.2, 0.25) is 5.91 Å². The molecule has 0 fully saturated rings. The lowest BCUT2D eigenvalue weighted by molar-refractivity contribution is -0.120. The van der Waals surface area contributed by atoms with Crippen LogP contribution < -0.4 is 19.5 Å². The maximum Gasteiger partial charge on any atom is 0.322 e. The molecule has 1 aromatic heterocycles. The third-order valence-electron chi connectivity index (χ3n) is 2.99. The lowest BCUT2D eigenvalue weighted by Crippen LogP contribution is -2.26. The molecule has 2 aromatic rings. The van der Waals surface area contributed by atoms with E-state index in [1.165, 1.54) is 14.2 Å². The van der Waals surface area contributed by atoms with Crippen molar-refractivity contribution < 1.29 is 19.0 Å². The summed E-state index contributed by atoms with van der Waals surface area (Å²) in [4.78, 5) is 24.1. The zero-order valence-corrected chi connectivity index (χ0v) is 13.2. The number of hydrogen-bond acceptors (Lipinski definition) is 7. The van der Waals surface area contributed by atoms with Gasteiger partial charge in [0, 0.05) is 5.56 Å². The van der Waals surface area contributed by atoms with Crippen molar-refractivity contribution in [2.24, 2.45) is 0 Å². The van der Waals surface area contributed by atoms with Gasteiger partial charge in [0.25, 0.3) is 0 Å². The van der Waals surface area contributed by atoms with Gasteiger partial charge in [-0.2, -0.15) is 9.97 Å². The Hall–Kier alpha value is -2.90. The first-order valence-corrected chi connectivity index (χ1v) is 6.87. The monoisotopic (exact) mass is 318 g/mol. The van der Waals surface area contributed by atoms with Gasteiger partial charge < -0.3 is 19.5 Å². The predicted octanol–water partition coefficient (Wildman–Crippen LogP) is 0.756. The highest BCUT2D eigenvalue weighted by Crippen LogP contribution is 2.17. The van der Waals surface area contributed by atoms with Crippen LogP contribution in [-0.4, -0.2) is 42.2 Å². The molecule has 1 heterocycles. The van der Waals surface area contributed by atoms with Crippen molar-refractivity contribution in [1.29, 1.82) is 0 Å².